The number of aryl methyl sites for hydroxylation is 1. The highest BCUT2D eigenvalue weighted by Gasteiger charge is 2.32. The molecular weight excluding hydrogens is 495 g/mol. The van der Waals surface area contributed by atoms with E-state index in [2.05, 4.69) is 29.6 Å². The lowest BCUT2D eigenvalue weighted by Crippen LogP contribution is -2.53. The Kier molecular flexibility index (Phi) is 10.4. The number of amides is 2. The highest BCUT2D eigenvalue weighted by atomic mass is 32.2. The molecular formula is C32H37FN2O2S. The first-order valence-electron chi connectivity index (χ1n) is 13.6. The molecule has 0 bridgehead atoms. The van der Waals surface area contributed by atoms with E-state index in [0.717, 1.165) is 36.1 Å². The molecule has 1 saturated carbocycles. The van der Waals surface area contributed by atoms with Gasteiger partial charge in [-0.3, -0.25) is 9.59 Å². The monoisotopic (exact) mass is 532 g/mol. The van der Waals surface area contributed by atoms with Crippen molar-refractivity contribution in [1.29, 1.82) is 0 Å². The summed E-state index contributed by atoms with van der Waals surface area (Å²) in [4.78, 5) is 30.2. The molecule has 38 heavy (non-hydrogen) atoms. The second-order valence-corrected chi connectivity index (χ2v) is 11.2. The normalized spacial score (nSPS) is 14.6. The smallest absolute Gasteiger partial charge is 0.243 e. The van der Waals surface area contributed by atoms with Crippen LogP contribution in [0.4, 0.5) is 4.39 Å². The Morgan fingerprint density at radius 1 is 0.947 bits per heavy atom. The predicted octanol–water partition coefficient (Wildman–Crippen LogP) is 6.71. The molecule has 1 fully saturated rings. The SMILES string of the molecule is Cc1ccc(SCCC(=O)N(Cc2ccccc2F)C(Cc2ccccc2)C(=O)NC2CCCCC2)cc1. The van der Waals surface area contributed by atoms with Crippen molar-refractivity contribution in [3.8, 4) is 0 Å². The lowest BCUT2D eigenvalue weighted by atomic mass is 9.94. The van der Waals surface area contributed by atoms with Crippen LogP contribution >= 0.6 is 11.8 Å². The Balaban J connectivity index is 1.56. The summed E-state index contributed by atoms with van der Waals surface area (Å²) < 4.78 is 14.7. The van der Waals surface area contributed by atoms with Crippen LogP contribution in [0.15, 0.2) is 83.8 Å². The average molecular weight is 533 g/mol. The van der Waals surface area contributed by atoms with Crippen LogP contribution in [-0.2, 0) is 22.6 Å². The second-order valence-electron chi connectivity index (χ2n) is 10.1. The summed E-state index contributed by atoms with van der Waals surface area (Å²) in [5.41, 5.74) is 2.57. The lowest BCUT2D eigenvalue weighted by Gasteiger charge is -2.33. The van der Waals surface area contributed by atoms with Crippen molar-refractivity contribution < 1.29 is 14.0 Å². The largest absolute Gasteiger partial charge is 0.352 e. The highest BCUT2D eigenvalue weighted by molar-refractivity contribution is 7.99. The van der Waals surface area contributed by atoms with Crippen molar-refractivity contribution in [3.63, 3.8) is 0 Å². The topological polar surface area (TPSA) is 49.4 Å². The van der Waals surface area contributed by atoms with Gasteiger partial charge in [-0.15, -0.1) is 11.8 Å². The average Bonchev–Trinajstić information content (AvgIpc) is 2.93. The molecule has 1 N–H and O–H groups in total. The third kappa shape index (κ3) is 8.19. The van der Waals surface area contributed by atoms with Crippen molar-refractivity contribution in [2.45, 2.75) is 75.4 Å². The van der Waals surface area contributed by atoms with Gasteiger partial charge in [0.15, 0.2) is 0 Å². The van der Waals surface area contributed by atoms with Crippen LogP contribution in [0.5, 0.6) is 0 Å². The first-order chi connectivity index (χ1) is 18.5. The quantitative estimate of drug-likeness (QED) is 0.279. The maximum atomic E-state index is 14.7. The summed E-state index contributed by atoms with van der Waals surface area (Å²) in [5, 5.41) is 3.23. The van der Waals surface area contributed by atoms with E-state index in [1.54, 1.807) is 34.9 Å². The van der Waals surface area contributed by atoms with E-state index in [1.165, 1.54) is 18.1 Å². The summed E-state index contributed by atoms with van der Waals surface area (Å²) in [6.45, 7) is 2.10. The molecule has 3 aromatic carbocycles. The summed E-state index contributed by atoms with van der Waals surface area (Å²) in [6.07, 6.45) is 5.94. The number of halogens is 1. The molecule has 1 atom stereocenters. The molecule has 1 aliphatic carbocycles. The van der Waals surface area contributed by atoms with Gasteiger partial charge in [0.25, 0.3) is 0 Å². The second kappa shape index (κ2) is 14.1. The molecule has 6 heteroatoms. The minimum atomic E-state index is -0.726. The van der Waals surface area contributed by atoms with Gasteiger partial charge in [-0.1, -0.05) is 85.5 Å². The maximum Gasteiger partial charge on any atom is 0.243 e. The van der Waals surface area contributed by atoms with E-state index in [4.69, 9.17) is 0 Å². The van der Waals surface area contributed by atoms with Gasteiger partial charge in [0.1, 0.15) is 11.9 Å². The Morgan fingerprint density at radius 3 is 2.34 bits per heavy atom. The number of rotatable bonds is 11. The number of hydrogen-bond acceptors (Lipinski definition) is 3. The van der Waals surface area contributed by atoms with Gasteiger partial charge >= 0.3 is 0 Å². The van der Waals surface area contributed by atoms with Crippen molar-refractivity contribution in [3.05, 3.63) is 101 Å². The summed E-state index contributed by atoms with van der Waals surface area (Å²) >= 11 is 1.61. The van der Waals surface area contributed by atoms with E-state index in [0.29, 0.717) is 17.7 Å². The molecule has 4 rings (SSSR count). The molecule has 1 aliphatic rings. The maximum absolute atomic E-state index is 14.7. The summed E-state index contributed by atoms with van der Waals surface area (Å²) in [6, 6.07) is 23.9. The number of benzene rings is 3. The minimum Gasteiger partial charge on any atom is -0.352 e. The van der Waals surface area contributed by atoms with E-state index in [1.807, 2.05) is 37.3 Å². The van der Waals surface area contributed by atoms with Crippen LogP contribution in [-0.4, -0.2) is 34.6 Å². The van der Waals surface area contributed by atoms with Gasteiger partial charge in [-0.2, -0.15) is 0 Å². The standard InChI is InChI=1S/C32H37FN2O2S/c1-24-16-18-28(19-17-24)38-21-20-31(36)35(23-26-12-8-9-15-29(26)33)30(22-25-10-4-2-5-11-25)32(37)34-27-13-6-3-7-14-27/h2,4-5,8-12,15-19,27,30H,3,6-7,13-14,20-23H2,1H3,(H,34,37). The van der Waals surface area contributed by atoms with Crippen LogP contribution in [0.25, 0.3) is 0 Å². The fourth-order valence-corrected chi connectivity index (χ4v) is 5.78. The Bertz CT molecular complexity index is 1180. The molecule has 0 heterocycles. The molecule has 0 aliphatic heterocycles. The molecule has 0 aromatic heterocycles. The van der Waals surface area contributed by atoms with Crippen LogP contribution in [0.1, 0.15) is 55.2 Å². The van der Waals surface area contributed by atoms with Crippen LogP contribution < -0.4 is 5.32 Å². The third-order valence-corrected chi connectivity index (χ3v) is 8.14. The summed E-state index contributed by atoms with van der Waals surface area (Å²) in [7, 11) is 0. The number of thioether (sulfide) groups is 1. The highest BCUT2D eigenvalue weighted by Crippen LogP contribution is 2.23. The Hall–Kier alpha value is -3.12. The van der Waals surface area contributed by atoms with Gasteiger partial charge in [0.05, 0.1) is 0 Å². The first-order valence-corrected chi connectivity index (χ1v) is 14.5. The van der Waals surface area contributed by atoms with Gasteiger partial charge < -0.3 is 10.2 Å². The van der Waals surface area contributed by atoms with E-state index < -0.39 is 6.04 Å². The van der Waals surface area contributed by atoms with Crippen LogP contribution in [0.3, 0.4) is 0 Å². The number of nitrogens with one attached hydrogen (secondary N) is 1. The predicted molar refractivity (Wildman–Crippen MR) is 152 cm³/mol. The number of carbonyl (C=O) groups is 2. The van der Waals surface area contributed by atoms with Crippen LogP contribution in [0, 0.1) is 12.7 Å². The van der Waals surface area contributed by atoms with Crippen LogP contribution in [0.2, 0.25) is 0 Å². The van der Waals surface area contributed by atoms with Gasteiger partial charge in [0.2, 0.25) is 11.8 Å². The molecule has 1 unspecified atom stereocenters. The number of carbonyl (C=O) groups excluding carboxylic acids is 2. The van der Waals surface area contributed by atoms with Crippen molar-refractivity contribution in [1.82, 2.24) is 10.2 Å². The fourth-order valence-electron chi connectivity index (χ4n) is 4.94. The molecule has 0 radical (unpaired) electrons. The third-order valence-electron chi connectivity index (χ3n) is 7.13. The summed E-state index contributed by atoms with van der Waals surface area (Å²) in [5.74, 6) is -0.0903. The van der Waals surface area contributed by atoms with Crippen molar-refractivity contribution in [2.24, 2.45) is 0 Å². The Labute approximate surface area is 230 Å². The molecule has 4 nitrogen and oxygen atoms in total. The number of hydrogen-bond donors (Lipinski definition) is 1. The molecule has 200 valence electrons. The van der Waals surface area contributed by atoms with E-state index in [9.17, 15) is 14.0 Å². The fraction of sp³-hybridized carbons (Fsp3) is 0.375. The van der Waals surface area contributed by atoms with Gasteiger partial charge in [-0.25, -0.2) is 4.39 Å². The van der Waals surface area contributed by atoms with E-state index >= 15 is 0 Å². The van der Waals surface area contributed by atoms with Crippen molar-refractivity contribution >= 4 is 23.6 Å². The zero-order valence-electron chi connectivity index (χ0n) is 22.1. The van der Waals surface area contributed by atoms with Gasteiger partial charge in [-0.05, 0) is 43.5 Å². The lowest BCUT2D eigenvalue weighted by molar-refractivity contribution is -0.141. The Morgan fingerprint density at radius 2 is 1.63 bits per heavy atom. The zero-order valence-corrected chi connectivity index (χ0v) is 22.9. The minimum absolute atomic E-state index is 0.0519. The van der Waals surface area contributed by atoms with Crippen molar-refractivity contribution in [2.75, 3.05) is 5.75 Å². The first kappa shape index (κ1) is 27.9. The van der Waals surface area contributed by atoms with E-state index in [-0.39, 0.29) is 36.6 Å². The molecule has 2 amide bonds. The zero-order chi connectivity index (χ0) is 26.7. The molecule has 0 saturated heterocycles. The molecule has 3 aromatic rings. The van der Waals surface area contributed by atoms with Gasteiger partial charge in [0, 0.05) is 41.6 Å². The molecule has 0 spiro atoms. The number of nitrogens with zero attached hydrogens (tertiary/aromatic N) is 1.